The highest BCUT2D eigenvalue weighted by Gasteiger charge is 2.81. The minimum Gasteiger partial charge on any atom is -0.325 e. The minimum absolute atomic E-state index is 0.163. The summed E-state index contributed by atoms with van der Waals surface area (Å²) in [7, 11) is 0. The number of nitrogens with one attached hydrogen (secondary N) is 2. The summed E-state index contributed by atoms with van der Waals surface area (Å²) in [4.78, 5) is 45.5. The first-order valence-electron chi connectivity index (χ1n) is 12.4. The van der Waals surface area contributed by atoms with Gasteiger partial charge in [0.05, 0.1) is 11.6 Å². The molecule has 4 aliphatic rings. The average Bonchev–Trinajstić information content (AvgIpc) is 3.61. The second-order valence-corrected chi connectivity index (χ2v) is 11.2. The van der Waals surface area contributed by atoms with Crippen LogP contribution in [0, 0.1) is 12.8 Å². The third kappa shape index (κ3) is 2.58. The topological polar surface area (TPSA) is 78.5 Å². The van der Waals surface area contributed by atoms with Gasteiger partial charge in [0.25, 0.3) is 5.91 Å². The third-order valence-corrected chi connectivity index (χ3v) is 9.54. The molecule has 2 fully saturated rings. The number of Topliss-reactive ketones (excluding diaryl/α,β-unsaturated/α-hetero) is 1. The van der Waals surface area contributed by atoms with Gasteiger partial charge >= 0.3 is 0 Å². The van der Waals surface area contributed by atoms with Crippen molar-refractivity contribution in [2.24, 2.45) is 5.92 Å². The van der Waals surface area contributed by atoms with Crippen LogP contribution in [0.3, 0.4) is 0 Å². The molecule has 2 spiro atoms. The van der Waals surface area contributed by atoms with Crippen molar-refractivity contribution in [3.8, 4) is 0 Å². The van der Waals surface area contributed by atoms with Gasteiger partial charge in [0.15, 0.2) is 5.78 Å². The first kappa shape index (κ1) is 23.0. The fourth-order valence-electron chi connectivity index (χ4n) is 7.56. The van der Waals surface area contributed by atoms with Gasteiger partial charge in [-0.15, -0.1) is 0 Å². The van der Waals surface area contributed by atoms with Crippen molar-refractivity contribution in [2.45, 2.75) is 36.8 Å². The standard InChI is InChI=1S/C29H23Cl2N3O3/c1-15-20(31)13-12-19-24(15)33-27(37)29(19)28(18-5-2-3-6-21(18)32-26(28)36)23(22-7-4-14-34(22)29)25(35)16-8-10-17(30)11-9-16/h2-3,5-6,8-13,22-23H,4,7,14H2,1H3,(H,32,36)(H,33,37). The van der Waals surface area contributed by atoms with Crippen molar-refractivity contribution < 1.29 is 14.4 Å². The molecule has 7 rings (SSSR count). The monoisotopic (exact) mass is 531 g/mol. The van der Waals surface area contributed by atoms with Crippen LogP contribution in [-0.2, 0) is 20.5 Å². The third-order valence-electron chi connectivity index (χ3n) is 8.88. The molecule has 4 atom stereocenters. The molecule has 2 amide bonds. The van der Waals surface area contributed by atoms with Gasteiger partial charge in [-0.2, -0.15) is 0 Å². The summed E-state index contributed by atoms with van der Waals surface area (Å²) >= 11 is 12.6. The highest BCUT2D eigenvalue weighted by molar-refractivity contribution is 6.32. The van der Waals surface area contributed by atoms with Crippen LogP contribution in [0.2, 0.25) is 10.0 Å². The van der Waals surface area contributed by atoms with Crippen LogP contribution >= 0.6 is 23.2 Å². The Morgan fingerprint density at radius 2 is 1.70 bits per heavy atom. The van der Waals surface area contributed by atoms with E-state index in [-0.39, 0.29) is 23.6 Å². The second kappa shape index (κ2) is 7.67. The van der Waals surface area contributed by atoms with Crippen LogP contribution in [0.1, 0.15) is 39.9 Å². The van der Waals surface area contributed by atoms with E-state index in [0.29, 0.717) is 51.1 Å². The minimum atomic E-state index is -1.47. The highest BCUT2D eigenvalue weighted by atomic mass is 35.5. The molecule has 0 bridgehead atoms. The molecule has 0 aliphatic carbocycles. The Bertz CT molecular complexity index is 1540. The van der Waals surface area contributed by atoms with Crippen molar-refractivity contribution in [1.82, 2.24) is 4.90 Å². The number of anilines is 2. The first-order chi connectivity index (χ1) is 17.8. The zero-order valence-corrected chi connectivity index (χ0v) is 21.5. The van der Waals surface area contributed by atoms with Crippen LogP contribution < -0.4 is 10.6 Å². The molecule has 37 heavy (non-hydrogen) atoms. The van der Waals surface area contributed by atoms with Crippen molar-refractivity contribution in [3.63, 3.8) is 0 Å². The maximum Gasteiger partial charge on any atom is 0.251 e. The van der Waals surface area contributed by atoms with Gasteiger partial charge in [-0.3, -0.25) is 19.3 Å². The van der Waals surface area contributed by atoms with Gasteiger partial charge in [-0.05, 0) is 73.8 Å². The van der Waals surface area contributed by atoms with E-state index in [1.165, 1.54) is 0 Å². The number of rotatable bonds is 2. The zero-order valence-electron chi connectivity index (χ0n) is 20.0. The SMILES string of the molecule is Cc1c(Cl)ccc2c1NC(=O)C21N2CCCC2C(C(=O)c2ccc(Cl)cc2)C12C(=O)Nc1ccccc12. The molecular formula is C29H23Cl2N3O3. The van der Waals surface area contributed by atoms with E-state index < -0.39 is 16.9 Å². The number of hydrogen-bond acceptors (Lipinski definition) is 4. The predicted octanol–water partition coefficient (Wildman–Crippen LogP) is 5.32. The van der Waals surface area contributed by atoms with Gasteiger partial charge < -0.3 is 10.6 Å². The van der Waals surface area contributed by atoms with E-state index in [0.717, 1.165) is 12.0 Å². The summed E-state index contributed by atoms with van der Waals surface area (Å²) in [5.74, 6) is -1.57. The summed E-state index contributed by atoms with van der Waals surface area (Å²) in [5, 5.41) is 7.19. The van der Waals surface area contributed by atoms with E-state index in [1.54, 1.807) is 30.3 Å². The Labute approximate surface area is 223 Å². The summed E-state index contributed by atoms with van der Waals surface area (Å²) < 4.78 is 0. The number of halogens is 2. The molecule has 0 radical (unpaired) electrons. The van der Waals surface area contributed by atoms with Crippen LogP contribution in [0.25, 0.3) is 0 Å². The lowest BCUT2D eigenvalue weighted by molar-refractivity contribution is -0.137. The van der Waals surface area contributed by atoms with E-state index in [1.807, 2.05) is 37.3 Å². The van der Waals surface area contributed by atoms with Gasteiger partial charge in [-0.1, -0.05) is 47.5 Å². The fourth-order valence-corrected chi connectivity index (χ4v) is 7.84. The number of nitrogens with zero attached hydrogens (tertiary/aromatic N) is 1. The summed E-state index contributed by atoms with van der Waals surface area (Å²) in [6.45, 7) is 2.46. The Morgan fingerprint density at radius 3 is 2.49 bits per heavy atom. The number of benzene rings is 3. The fraction of sp³-hybridized carbons (Fsp3) is 0.276. The molecule has 0 aromatic heterocycles. The number of hydrogen-bond donors (Lipinski definition) is 2. The smallest absolute Gasteiger partial charge is 0.251 e. The molecule has 2 saturated heterocycles. The Balaban J connectivity index is 1.59. The van der Waals surface area contributed by atoms with Crippen molar-refractivity contribution in [2.75, 3.05) is 17.2 Å². The lowest BCUT2D eigenvalue weighted by Gasteiger charge is -2.43. The van der Waals surface area contributed by atoms with Crippen LogP contribution in [0.4, 0.5) is 11.4 Å². The first-order valence-corrected chi connectivity index (χ1v) is 13.2. The molecule has 4 aliphatic heterocycles. The van der Waals surface area contributed by atoms with E-state index in [4.69, 9.17) is 23.2 Å². The van der Waals surface area contributed by atoms with E-state index in [9.17, 15) is 14.4 Å². The van der Waals surface area contributed by atoms with Crippen molar-refractivity contribution in [1.29, 1.82) is 0 Å². The molecule has 8 heteroatoms. The van der Waals surface area contributed by atoms with Crippen LogP contribution in [0.5, 0.6) is 0 Å². The molecule has 6 nitrogen and oxygen atoms in total. The van der Waals surface area contributed by atoms with E-state index in [2.05, 4.69) is 15.5 Å². The number of amides is 2. The maximum atomic E-state index is 14.5. The van der Waals surface area contributed by atoms with Gasteiger partial charge in [0.2, 0.25) is 5.91 Å². The molecule has 4 unspecified atom stereocenters. The van der Waals surface area contributed by atoms with Crippen molar-refractivity contribution in [3.05, 3.63) is 93.0 Å². The summed E-state index contributed by atoms with van der Waals surface area (Å²) in [5.41, 5.74) is 0.980. The molecule has 0 saturated carbocycles. The molecule has 3 aromatic rings. The highest BCUT2D eigenvalue weighted by Crippen LogP contribution is 2.68. The van der Waals surface area contributed by atoms with Gasteiger partial charge in [0, 0.05) is 32.9 Å². The number of fused-ring (bicyclic) bond motifs is 7. The molecular weight excluding hydrogens is 509 g/mol. The van der Waals surface area contributed by atoms with Crippen LogP contribution in [-0.4, -0.2) is 35.1 Å². The molecule has 3 aromatic carbocycles. The molecule has 4 heterocycles. The summed E-state index contributed by atoms with van der Waals surface area (Å²) in [6, 6.07) is 17.5. The molecule has 186 valence electrons. The Kier molecular flexibility index (Phi) is 4.76. The summed E-state index contributed by atoms with van der Waals surface area (Å²) in [6.07, 6.45) is 1.53. The Hall–Kier alpha value is -3.19. The lowest BCUT2D eigenvalue weighted by Crippen LogP contribution is -2.62. The number of carbonyl (C=O) groups excluding carboxylic acids is 3. The van der Waals surface area contributed by atoms with Crippen LogP contribution in [0.15, 0.2) is 60.7 Å². The second-order valence-electron chi connectivity index (χ2n) is 10.3. The predicted molar refractivity (Wildman–Crippen MR) is 142 cm³/mol. The quantitative estimate of drug-likeness (QED) is 0.439. The number of ketones is 1. The van der Waals surface area contributed by atoms with Gasteiger partial charge in [0.1, 0.15) is 11.0 Å². The zero-order chi connectivity index (χ0) is 25.7. The average molecular weight is 532 g/mol. The van der Waals surface area contributed by atoms with E-state index >= 15 is 0 Å². The molecule has 2 N–H and O–H groups in total. The Morgan fingerprint density at radius 1 is 0.946 bits per heavy atom. The number of para-hydroxylation sites is 1. The normalized spacial score (nSPS) is 29.4. The van der Waals surface area contributed by atoms with Crippen molar-refractivity contribution >= 4 is 52.2 Å². The maximum absolute atomic E-state index is 14.5. The lowest BCUT2D eigenvalue weighted by atomic mass is 9.57. The number of carbonyl (C=O) groups is 3. The van der Waals surface area contributed by atoms with Gasteiger partial charge in [-0.25, -0.2) is 0 Å². The largest absolute Gasteiger partial charge is 0.325 e.